The molecule has 3 aromatic rings. The van der Waals surface area contributed by atoms with E-state index in [1.54, 1.807) is 42.3 Å². The average Bonchev–Trinajstić information content (AvgIpc) is 2.87. The summed E-state index contributed by atoms with van der Waals surface area (Å²) in [6.45, 7) is -2.59. The molecule has 0 spiro atoms. The number of amides is 1. The third-order valence-electron chi connectivity index (χ3n) is 5.25. The van der Waals surface area contributed by atoms with Crippen molar-refractivity contribution < 1.29 is 32.5 Å². The second kappa shape index (κ2) is 11.9. The Kier molecular flexibility index (Phi) is 8.67. The second-order valence-electron chi connectivity index (χ2n) is 7.56. The molecule has 0 fully saturated rings. The fraction of sp³-hybridized carbons (Fsp3) is 0.222. The van der Waals surface area contributed by atoms with Crippen LogP contribution >= 0.6 is 0 Å². The van der Waals surface area contributed by atoms with E-state index >= 15 is 0 Å². The van der Waals surface area contributed by atoms with Crippen molar-refractivity contribution in [3.8, 4) is 23.0 Å². The van der Waals surface area contributed by atoms with E-state index in [-0.39, 0.29) is 17.4 Å². The molecule has 6 nitrogen and oxygen atoms in total. The first-order valence-corrected chi connectivity index (χ1v) is 10.7. The number of nitrogens with zero attached hydrogens (tertiary/aromatic N) is 1. The van der Waals surface area contributed by atoms with Gasteiger partial charge in [0.1, 0.15) is 0 Å². The quantitative estimate of drug-likeness (QED) is 0.281. The topological polar surface area (TPSA) is 57.2 Å². The summed E-state index contributed by atoms with van der Waals surface area (Å²) in [5.41, 5.74) is 2.51. The molecule has 0 atom stereocenters. The monoisotopic (exact) mass is 483 g/mol. The zero-order valence-electron chi connectivity index (χ0n) is 20.0. The molecule has 0 aliphatic rings. The van der Waals surface area contributed by atoms with Crippen LogP contribution in [0.15, 0.2) is 66.7 Å². The lowest BCUT2D eigenvalue weighted by molar-refractivity contribution is -0.124. The molecule has 0 bridgehead atoms. The van der Waals surface area contributed by atoms with Crippen LogP contribution in [0.4, 0.5) is 8.78 Å². The van der Waals surface area contributed by atoms with Gasteiger partial charge in [0, 0.05) is 19.2 Å². The molecular weight excluding hydrogens is 456 g/mol. The molecule has 8 heteroatoms. The van der Waals surface area contributed by atoms with E-state index in [2.05, 4.69) is 4.74 Å². The van der Waals surface area contributed by atoms with Gasteiger partial charge in [-0.05, 0) is 47.0 Å². The number of ether oxygens (including phenoxy) is 4. The SMILES string of the molecule is COc1ccc(C(=Cc2ccc(OC(F)F)c(OC)c2)C(=O)N(C)Cc2ccccc2)cc1OC. The molecule has 0 aromatic heterocycles. The Morgan fingerprint density at radius 2 is 1.49 bits per heavy atom. The molecule has 0 radical (unpaired) electrons. The van der Waals surface area contributed by atoms with Crippen molar-refractivity contribution in [3.05, 3.63) is 83.4 Å². The highest BCUT2D eigenvalue weighted by molar-refractivity contribution is 6.24. The molecule has 0 aliphatic heterocycles. The van der Waals surface area contributed by atoms with Crippen molar-refractivity contribution in [2.24, 2.45) is 0 Å². The van der Waals surface area contributed by atoms with Crippen LogP contribution in [0.25, 0.3) is 11.6 Å². The minimum absolute atomic E-state index is 0.0974. The Hall–Kier alpha value is -4.07. The van der Waals surface area contributed by atoms with Gasteiger partial charge in [-0.25, -0.2) is 0 Å². The molecule has 35 heavy (non-hydrogen) atoms. The van der Waals surface area contributed by atoms with Crippen LogP contribution in [0.1, 0.15) is 16.7 Å². The lowest BCUT2D eigenvalue weighted by Gasteiger charge is -2.20. The summed E-state index contributed by atoms with van der Waals surface area (Å²) in [5.74, 6) is 0.770. The molecular formula is C27H27F2NO5. The summed E-state index contributed by atoms with van der Waals surface area (Å²) in [7, 11) is 6.11. The Labute approximate surface area is 203 Å². The van der Waals surface area contributed by atoms with Crippen molar-refractivity contribution in [2.75, 3.05) is 28.4 Å². The van der Waals surface area contributed by atoms with Gasteiger partial charge in [-0.2, -0.15) is 8.78 Å². The lowest BCUT2D eigenvalue weighted by atomic mass is 10.00. The van der Waals surface area contributed by atoms with Crippen LogP contribution < -0.4 is 18.9 Å². The van der Waals surface area contributed by atoms with Crippen LogP contribution in [0.2, 0.25) is 0 Å². The highest BCUT2D eigenvalue weighted by atomic mass is 19.3. The second-order valence-corrected chi connectivity index (χ2v) is 7.56. The molecule has 1 amide bonds. The van der Waals surface area contributed by atoms with E-state index in [4.69, 9.17) is 14.2 Å². The highest BCUT2D eigenvalue weighted by Crippen LogP contribution is 2.34. The van der Waals surface area contributed by atoms with Crippen LogP contribution in [0, 0.1) is 0 Å². The number of carbonyl (C=O) groups excluding carboxylic acids is 1. The maximum Gasteiger partial charge on any atom is 0.387 e. The summed E-state index contributed by atoms with van der Waals surface area (Å²) in [6, 6.07) is 19.3. The van der Waals surface area contributed by atoms with Crippen LogP contribution in [-0.2, 0) is 11.3 Å². The van der Waals surface area contributed by atoms with Gasteiger partial charge < -0.3 is 23.8 Å². The number of hydrogen-bond donors (Lipinski definition) is 0. The van der Waals surface area contributed by atoms with Gasteiger partial charge in [0.2, 0.25) is 0 Å². The fourth-order valence-electron chi connectivity index (χ4n) is 3.54. The summed E-state index contributed by atoms with van der Waals surface area (Å²) in [4.78, 5) is 15.2. The average molecular weight is 484 g/mol. The van der Waals surface area contributed by atoms with Gasteiger partial charge in [0.15, 0.2) is 23.0 Å². The summed E-state index contributed by atoms with van der Waals surface area (Å²) < 4.78 is 45.9. The van der Waals surface area contributed by atoms with E-state index < -0.39 is 6.61 Å². The highest BCUT2D eigenvalue weighted by Gasteiger charge is 2.20. The predicted octanol–water partition coefficient (Wildman–Crippen LogP) is 5.51. The van der Waals surface area contributed by atoms with Crippen molar-refractivity contribution in [1.29, 1.82) is 0 Å². The molecule has 0 heterocycles. The van der Waals surface area contributed by atoms with Crippen LogP contribution in [0.3, 0.4) is 0 Å². The molecule has 0 N–H and O–H groups in total. The number of methoxy groups -OCH3 is 3. The number of benzene rings is 3. The van der Waals surface area contributed by atoms with E-state index in [0.29, 0.717) is 34.7 Å². The fourth-order valence-corrected chi connectivity index (χ4v) is 3.54. The summed E-state index contributed by atoms with van der Waals surface area (Å²) in [5, 5.41) is 0. The molecule has 3 aromatic carbocycles. The van der Waals surface area contributed by atoms with Gasteiger partial charge in [-0.3, -0.25) is 4.79 Å². The van der Waals surface area contributed by atoms with Gasteiger partial charge in [-0.15, -0.1) is 0 Å². The largest absolute Gasteiger partial charge is 0.493 e. The minimum atomic E-state index is -2.99. The first-order valence-electron chi connectivity index (χ1n) is 10.7. The lowest BCUT2D eigenvalue weighted by Crippen LogP contribution is -2.27. The molecule has 3 rings (SSSR count). The predicted molar refractivity (Wildman–Crippen MR) is 130 cm³/mol. The molecule has 0 saturated heterocycles. The molecule has 0 unspecified atom stereocenters. The number of rotatable bonds is 10. The Morgan fingerprint density at radius 3 is 2.11 bits per heavy atom. The Morgan fingerprint density at radius 1 is 0.857 bits per heavy atom. The van der Waals surface area contributed by atoms with E-state index in [9.17, 15) is 13.6 Å². The summed E-state index contributed by atoms with van der Waals surface area (Å²) >= 11 is 0. The van der Waals surface area contributed by atoms with Gasteiger partial charge in [0.25, 0.3) is 5.91 Å². The normalized spacial score (nSPS) is 11.2. The van der Waals surface area contributed by atoms with E-state index in [1.165, 1.54) is 33.5 Å². The van der Waals surface area contributed by atoms with E-state index in [1.807, 2.05) is 30.3 Å². The molecule has 0 aliphatic carbocycles. The number of likely N-dealkylation sites (N-methyl/N-ethyl adjacent to an activating group) is 1. The Bertz CT molecular complexity index is 1180. The zero-order valence-corrected chi connectivity index (χ0v) is 20.0. The molecule has 0 saturated carbocycles. The first kappa shape index (κ1) is 25.6. The number of alkyl halides is 2. The first-order chi connectivity index (χ1) is 16.9. The third-order valence-corrected chi connectivity index (χ3v) is 5.25. The zero-order chi connectivity index (χ0) is 25.4. The smallest absolute Gasteiger partial charge is 0.387 e. The van der Waals surface area contributed by atoms with Gasteiger partial charge in [-0.1, -0.05) is 42.5 Å². The maximum absolute atomic E-state index is 13.6. The number of halogens is 2. The summed E-state index contributed by atoms with van der Waals surface area (Å²) in [6.07, 6.45) is 1.67. The standard InChI is InChI=1S/C27H27F2NO5/c1-30(17-18-8-6-5-7-9-18)26(31)21(20-11-13-22(32-2)25(16-20)34-4)14-19-10-12-23(35-27(28)29)24(15-19)33-3/h5-16,27H,17H2,1-4H3. The van der Waals surface area contributed by atoms with E-state index in [0.717, 1.165) is 5.56 Å². The van der Waals surface area contributed by atoms with Gasteiger partial charge in [0.05, 0.1) is 21.3 Å². The van der Waals surface area contributed by atoms with Crippen molar-refractivity contribution >= 4 is 17.6 Å². The van der Waals surface area contributed by atoms with Gasteiger partial charge >= 0.3 is 6.61 Å². The third kappa shape index (κ3) is 6.50. The van der Waals surface area contributed by atoms with Crippen LogP contribution in [-0.4, -0.2) is 45.8 Å². The maximum atomic E-state index is 13.6. The number of carbonyl (C=O) groups is 1. The molecule has 184 valence electrons. The minimum Gasteiger partial charge on any atom is -0.493 e. The van der Waals surface area contributed by atoms with Crippen molar-refractivity contribution in [2.45, 2.75) is 13.2 Å². The Balaban J connectivity index is 2.05. The van der Waals surface area contributed by atoms with Crippen LogP contribution in [0.5, 0.6) is 23.0 Å². The van der Waals surface area contributed by atoms with Crippen molar-refractivity contribution in [1.82, 2.24) is 4.90 Å². The van der Waals surface area contributed by atoms with Crippen molar-refractivity contribution in [3.63, 3.8) is 0 Å². The number of hydrogen-bond acceptors (Lipinski definition) is 5.